The first-order valence-corrected chi connectivity index (χ1v) is 4.22. The number of halogens is 2. The van der Waals surface area contributed by atoms with Gasteiger partial charge in [-0.2, -0.15) is 0 Å². The van der Waals surface area contributed by atoms with Crippen molar-refractivity contribution in [1.82, 2.24) is 0 Å². The molecule has 0 spiro atoms. The molecule has 12 heavy (non-hydrogen) atoms. The molecule has 1 saturated carbocycles. The summed E-state index contributed by atoms with van der Waals surface area (Å²) in [6, 6.07) is 0. The number of nitrogens with two attached hydrogens (primary N) is 1. The van der Waals surface area contributed by atoms with Crippen molar-refractivity contribution in [1.29, 1.82) is 0 Å². The van der Waals surface area contributed by atoms with E-state index < -0.39 is 18.1 Å². The van der Waals surface area contributed by atoms with Crippen molar-refractivity contribution < 1.29 is 13.9 Å². The van der Waals surface area contributed by atoms with E-state index in [-0.39, 0.29) is 5.92 Å². The van der Waals surface area contributed by atoms with Crippen LogP contribution in [0.25, 0.3) is 0 Å². The fourth-order valence-corrected chi connectivity index (χ4v) is 1.48. The van der Waals surface area contributed by atoms with E-state index in [0.717, 1.165) is 6.42 Å². The molecular weight excluding hydrogens is 164 g/mol. The molecule has 0 bridgehead atoms. The highest BCUT2D eigenvalue weighted by atomic mass is 19.3. The van der Waals surface area contributed by atoms with Crippen LogP contribution >= 0.6 is 0 Å². The number of rotatable bonds is 3. The Labute approximate surface area is 70.8 Å². The Hall–Kier alpha value is -0.220. The molecule has 0 aromatic rings. The van der Waals surface area contributed by atoms with Crippen LogP contribution in [0.15, 0.2) is 0 Å². The molecule has 0 aromatic carbocycles. The zero-order valence-electron chi connectivity index (χ0n) is 7.19. The molecule has 72 valence electrons. The fourth-order valence-electron chi connectivity index (χ4n) is 1.48. The van der Waals surface area contributed by atoms with Gasteiger partial charge in [0.25, 0.3) is 5.92 Å². The first kappa shape index (κ1) is 9.86. The zero-order valence-corrected chi connectivity index (χ0v) is 7.19. The first-order chi connectivity index (χ1) is 5.42. The highest BCUT2D eigenvalue weighted by Crippen LogP contribution is 2.43. The van der Waals surface area contributed by atoms with Crippen LogP contribution in [-0.4, -0.2) is 23.2 Å². The quantitative estimate of drug-likeness (QED) is 0.682. The topological polar surface area (TPSA) is 46.2 Å². The Morgan fingerprint density at radius 3 is 2.25 bits per heavy atom. The van der Waals surface area contributed by atoms with E-state index in [1.807, 2.05) is 0 Å². The van der Waals surface area contributed by atoms with Crippen molar-refractivity contribution in [2.75, 3.05) is 6.54 Å². The molecule has 4 heteroatoms. The molecule has 3 N–H and O–H groups in total. The second-order valence-electron chi connectivity index (χ2n) is 3.68. The second-order valence-corrected chi connectivity index (χ2v) is 3.68. The van der Waals surface area contributed by atoms with Gasteiger partial charge in [-0.05, 0) is 25.7 Å². The highest BCUT2D eigenvalue weighted by molar-refractivity contribution is 4.98. The van der Waals surface area contributed by atoms with E-state index >= 15 is 0 Å². The largest absolute Gasteiger partial charge is 0.384 e. The summed E-state index contributed by atoms with van der Waals surface area (Å²) in [4.78, 5) is 0. The summed E-state index contributed by atoms with van der Waals surface area (Å²) in [5.74, 6) is -3.44. The second kappa shape index (κ2) is 2.92. The third-order valence-electron chi connectivity index (χ3n) is 2.90. The average molecular weight is 179 g/mol. The highest BCUT2D eigenvalue weighted by Gasteiger charge is 2.54. The molecule has 1 unspecified atom stereocenters. The maximum atomic E-state index is 13.0. The number of hydrogen-bond donors (Lipinski definition) is 2. The van der Waals surface area contributed by atoms with Crippen molar-refractivity contribution >= 4 is 0 Å². The van der Waals surface area contributed by atoms with E-state index in [2.05, 4.69) is 0 Å². The average Bonchev–Trinajstić information content (AvgIpc) is 1.82. The molecular formula is C8H15F2NO. The number of alkyl halides is 2. The molecule has 0 amide bonds. The normalized spacial score (nSPS) is 24.8. The van der Waals surface area contributed by atoms with Gasteiger partial charge in [-0.25, -0.2) is 8.78 Å². The summed E-state index contributed by atoms with van der Waals surface area (Å²) >= 11 is 0. The third kappa shape index (κ3) is 1.33. The Kier molecular flexibility index (Phi) is 2.40. The predicted molar refractivity (Wildman–Crippen MR) is 42.0 cm³/mol. The summed E-state index contributed by atoms with van der Waals surface area (Å²) in [5.41, 5.74) is 2.98. The Bertz CT molecular complexity index is 166. The van der Waals surface area contributed by atoms with Gasteiger partial charge in [-0.3, -0.25) is 0 Å². The van der Waals surface area contributed by atoms with Crippen LogP contribution in [0.1, 0.15) is 26.2 Å². The molecule has 0 aromatic heterocycles. The van der Waals surface area contributed by atoms with Gasteiger partial charge in [0.05, 0.1) is 6.54 Å². The third-order valence-corrected chi connectivity index (χ3v) is 2.90. The molecule has 0 radical (unpaired) electrons. The lowest BCUT2D eigenvalue weighted by Gasteiger charge is -2.43. The van der Waals surface area contributed by atoms with Crippen molar-refractivity contribution in [2.45, 2.75) is 37.7 Å². The van der Waals surface area contributed by atoms with Crippen molar-refractivity contribution in [3.63, 3.8) is 0 Å². The van der Waals surface area contributed by atoms with E-state index in [9.17, 15) is 13.9 Å². The van der Waals surface area contributed by atoms with Gasteiger partial charge >= 0.3 is 0 Å². The van der Waals surface area contributed by atoms with Crippen LogP contribution in [-0.2, 0) is 0 Å². The van der Waals surface area contributed by atoms with E-state index in [1.165, 1.54) is 6.92 Å². The zero-order chi connectivity index (χ0) is 9.41. The number of hydrogen-bond acceptors (Lipinski definition) is 2. The first-order valence-electron chi connectivity index (χ1n) is 4.22. The Balaban J connectivity index is 2.68. The van der Waals surface area contributed by atoms with Gasteiger partial charge in [-0.15, -0.1) is 0 Å². The van der Waals surface area contributed by atoms with Crippen molar-refractivity contribution in [2.24, 2.45) is 11.7 Å². The van der Waals surface area contributed by atoms with Gasteiger partial charge in [-0.1, -0.05) is 6.42 Å². The van der Waals surface area contributed by atoms with Crippen LogP contribution in [0.2, 0.25) is 0 Å². The molecule has 0 heterocycles. The van der Waals surface area contributed by atoms with E-state index in [4.69, 9.17) is 5.73 Å². The van der Waals surface area contributed by atoms with Crippen LogP contribution in [0.5, 0.6) is 0 Å². The maximum Gasteiger partial charge on any atom is 0.288 e. The standard InChI is InChI=1S/C8H15F2NO/c1-7(12,6-3-2-4-6)8(9,10)5-11/h6,12H,2-5,11H2,1H3. The molecule has 0 aliphatic heterocycles. The van der Waals surface area contributed by atoms with Crippen LogP contribution < -0.4 is 5.73 Å². The summed E-state index contributed by atoms with van der Waals surface area (Å²) in [5, 5.41) is 9.53. The van der Waals surface area contributed by atoms with Crippen molar-refractivity contribution in [3.05, 3.63) is 0 Å². The smallest absolute Gasteiger partial charge is 0.288 e. The van der Waals surface area contributed by atoms with E-state index in [1.54, 1.807) is 0 Å². The molecule has 1 rings (SSSR count). The monoisotopic (exact) mass is 179 g/mol. The molecule has 2 nitrogen and oxygen atoms in total. The van der Waals surface area contributed by atoms with Crippen LogP contribution in [0, 0.1) is 5.92 Å². The van der Waals surface area contributed by atoms with Crippen LogP contribution in [0.4, 0.5) is 8.78 Å². The SMILES string of the molecule is CC(O)(C1CCC1)C(F)(F)CN. The van der Waals surface area contributed by atoms with Crippen molar-refractivity contribution in [3.8, 4) is 0 Å². The van der Waals surface area contributed by atoms with Gasteiger partial charge in [0.15, 0.2) is 0 Å². The minimum atomic E-state index is -3.15. The molecule has 1 aliphatic carbocycles. The molecule has 1 fully saturated rings. The minimum absolute atomic E-state index is 0.281. The molecule has 1 aliphatic rings. The van der Waals surface area contributed by atoms with Gasteiger partial charge in [0, 0.05) is 0 Å². The summed E-state index contributed by atoms with van der Waals surface area (Å²) in [7, 11) is 0. The summed E-state index contributed by atoms with van der Waals surface area (Å²) < 4.78 is 26.1. The van der Waals surface area contributed by atoms with E-state index in [0.29, 0.717) is 12.8 Å². The molecule has 1 atom stereocenters. The van der Waals surface area contributed by atoms with Crippen LogP contribution in [0.3, 0.4) is 0 Å². The lowest BCUT2D eigenvalue weighted by Crippen LogP contribution is -2.56. The maximum absolute atomic E-state index is 13.0. The summed E-state index contributed by atoms with van der Waals surface area (Å²) in [6.45, 7) is 0.403. The number of aliphatic hydroxyl groups is 1. The Morgan fingerprint density at radius 1 is 1.50 bits per heavy atom. The predicted octanol–water partition coefficient (Wildman–Crippen LogP) is 1.13. The van der Waals surface area contributed by atoms with Gasteiger partial charge in [0.1, 0.15) is 5.60 Å². The molecule has 0 saturated heterocycles. The lowest BCUT2D eigenvalue weighted by atomic mass is 9.71. The lowest BCUT2D eigenvalue weighted by molar-refractivity contribution is -0.204. The van der Waals surface area contributed by atoms with Gasteiger partial charge in [0.2, 0.25) is 0 Å². The summed E-state index contributed by atoms with van der Waals surface area (Å²) in [6.07, 6.45) is 2.30. The fraction of sp³-hybridized carbons (Fsp3) is 1.00. The minimum Gasteiger partial charge on any atom is -0.384 e. The van der Waals surface area contributed by atoms with Gasteiger partial charge < -0.3 is 10.8 Å². The Morgan fingerprint density at radius 2 is 2.00 bits per heavy atom.